The van der Waals surface area contributed by atoms with E-state index in [2.05, 4.69) is 35.1 Å². The molecule has 0 bridgehead atoms. The van der Waals surface area contributed by atoms with E-state index < -0.39 is 6.29 Å². The molecule has 3 aromatic rings. The maximum absolute atomic E-state index is 6.17. The highest BCUT2D eigenvalue weighted by atomic mass is 35.5. The van der Waals surface area contributed by atoms with Crippen molar-refractivity contribution in [1.29, 1.82) is 0 Å². The largest absolute Gasteiger partial charge is 0.346 e. The van der Waals surface area contributed by atoms with Crippen molar-refractivity contribution in [3.05, 3.63) is 101 Å². The van der Waals surface area contributed by atoms with E-state index in [1.807, 2.05) is 54.6 Å². The first kappa shape index (κ1) is 17.7. The highest BCUT2D eigenvalue weighted by molar-refractivity contribution is 6.30. The van der Waals surface area contributed by atoms with Gasteiger partial charge in [-0.15, -0.1) is 0 Å². The fourth-order valence-electron chi connectivity index (χ4n) is 2.98. The molecule has 0 amide bonds. The van der Waals surface area contributed by atoms with E-state index >= 15 is 0 Å². The summed E-state index contributed by atoms with van der Waals surface area (Å²) in [7, 11) is 0. The first-order valence-electron chi connectivity index (χ1n) is 8.78. The molecule has 134 valence electrons. The molecule has 3 nitrogen and oxygen atoms in total. The maximum Gasteiger partial charge on any atom is 0.186 e. The molecule has 1 aliphatic rings. The smallest absolute Gasteiger partial charge is 0.186 e. The Balaban J connectivity index is 1.83. The summed E-state index contributed by atoms with van der Waals surface area (Å²) >= 11 is 6.17. The van der Waals surface area contributed by atoms with Crippen molar-refractivity contribution < 1.29 is 9.47 Å². The minimum atomic E-state index is -0.443. The first-order valence-corrected chi connectivity index (χ1v) is 9.16. The van der Waals surface area contributed by atoms with Gasteiger partial charge >= 0.3 is 0 Å². The lowest BCUT2D eigenvalue weighted by molar-refractivity contribution is -0.0436. The van der Waals surface area contributed by atoms with Crippen LogP contribution in [0, 0.1) is 0 Å². The zero-order valence-corrected chi connectivity index (χ0v) is 15.4. The molecular formula is C23H18ClNO2. The standard InChI is InChI=1S/C23H18ClNO2/c24-19-11-12-22(20(15-19)23-26-13-14-27-23)25-16-21(17-7-3-1-4-8-17)18-9-5-2-6-10-18/h1-12,15,23H,13-14H2. The topological polar surface area (TPSA) is 30.8 Å². The molecule has 27 heavy (non-hydrogen) atoms. The molecule has 0 N–H and O–H groups in total. The molecule has 1 heterocycles. The summed E-state index contributed by atoms with van der Waals surface area (Å²) in [6.45, 7) is 1.13. The van der Waals surface area contributed by atoms with Crippen molar-refractivity contribution >= 4 is 28.7 Å². The highest BCUT2D eigenvalue weighted by Crippen LogP contribution is 2.33. The molecule has 0 unspecified atom stereocenters. The van der Waals surface area contributed by atoms with Gasteiger partial charge in [0, 0.05) is 10.6 Å². The third-order valence-corrected chi connectivity index (χ3v) is 4.51. The number of halogens is 1. The summed E-state index contributed by atoms with van der Waals surface area (Å²) < 4.78 is 11.3. The van der Waals surface area contributed by atoms with Gasteiger partial charge in [0.15, 0.2) is 6.29 Å². The second kappa shape index (κ2) is 8.34. The Morgan fingerprint density at radius 3 is 2.04 bits per heavy atom. The summed E-state index contributed by atoms with van der Waals surface area (Å²) in [4.78, 5) is 4.64. The zero-order valence-electron chi connectivity index (χ0n) is 14.6. The summed E-state index contributed by atoms with van der Waals surface area (Å²) in [6, 6.07) is 25.7. The van der Waals surface area contributed by atoms with Crippen molar-refractivity contribution in [2.75, 3.05) is 13.2 Å². The lowest BCUT2D eigenvalue weighted by atomic mass is 9.99. The predicted octanol–water partition coefficient (Wildman–Crippen LogP) is 5.82. The molecule has 0 atom stereocenters. The van der Waals surface area contributed by atoms with Crippen LogP contribution in [0.15, 0.2) is 83.9 Å². The van der Waals surface area contributed by atoms with Crippen LogP contribution in [0.2, 0.25) is 5.02 Å². The van der Waals surface area contributed by atoms with Gasteiger partial charge < -0.3 is 9.47 Å². The minimum Gasteiger partial charge on any atom is -0.346 e. The van der Waals surface area contributed by atoms with Crippen LogP contribution in [0.5, 0.6) is 0 Å². The van der Waals surface area contributed by atoms with Gasteiger partial charge in [0.1, 0.15) is 0 Å². The van der Waals surface area contributed by atoms with E-state index in [-0.39, 0.29) is 0 Å². The van der Waals surface area contributed by atoms with E-state index in [4.69, 9.17) is 21.1 Å². The van der Waals surface area contributed by atoms with E-state index in [0.29, 0.717) is 18.2 Å². The molecule has 0 radical (unpaired) electrons. The van der Waals surface area contributed by atoms with Gasteiger partial charge in [0.25, 0.3) is 0 Å². The number of aliphatic imine (C=N–C) groups is 1. The van der Waals surface area contributed by atoms with Crippen molar-refractivity contribution in [3.8, 4) is 0 Å². The van der Waals surface area contributed by atoms with E-state index in [0.717, 1.165) is 28.0 Å². The van der Waals surface area contributed by atoms with Crippen molar-refractivity contribution in [1.82, 2.24) is 0 Å². The Bertz CT molecular complexity index is 932. The molecule has 1 saturated heterocycles. The molecule has 0 aromatic heterocycles. The Hall–Kier alpha value is -2.68. The Morgan fingerprint density at radius 1 is 0.852 bits per heavy atom. The van der Waals surface area contributed by atoms with Gasteiger partial charge in [0.05, 0.1) is 24.5 Å². The molecule has 4 rings (SSSR count). The molecular weight excluding hydrogens is 358 g/mol. The Morgan fingerprint density at radius 2 is 1.44 bits per heavy atom. The third kappa shape index (κ3) is 4.19. The fourth-order valence-corrected chi connectivity index (χ4v) is 3.16. The third-order valence-electron chi connectivity index (χ3n) is 4.28. The quantitative estimate of drug-likeness (QED) is 0.538. The SMILES string of the molecule is Clc1ccc(N=C=C(c2ccccc2)c2ccccc2)c(C2OCCO2)c1. The van der Waals surface area contributed by atoms with Crippen LogP contribution in [0.4, 0.5) is 5.69 Å². The van der Waals surface area contributed by atoms with Gasteiger partial charge in [-0.05, 0) is 35.2 Å². The minimum absolute atomic E-state index is 0.443. The maximum atomic E-state index is 6.17. The number of rotatable bonds is 4. The summed E-state index contributed by atoms with van der Waals surface area (Å²) in [5.41, 5.74) is 4.57. The monoisotopic (exact) mass is 375 g/mol. The molecule has 0 spiro atoms. The number of ether oxygens (including phenoxy) is 2. The number of nitrogens with zero attached hydrogens (tertiary/aromatic N) is 1. The van der Waals surface area contributed by atoms with Crippen molar-refractivity contribution in [2.45, 2.75) is 6.29 Å². The van der Waals surface area contributed by atoms with Gasteiger partial charge in [-0.1, -0.05) is 72.3 Å². The number of hydrogen-bond acceptors (Lipinski definition) is 3. The number of benzene rings is 3. The fraction of sp³-hybridized carbons (Fsp3) is 0.130. The summed E-state index contributed by atoms with van der Waals surface area (Å²) in [5, 5.41) is 0.623. The van der Waals surface area contributed by atoms with Crippen LogP contribution in [0.3, 0.4) is 0 Å². The second-order valence-electron chi connectivity index (χ2n) is 6.11. The van der Waals surface area contributed by atoms with Gasteiger partial charge in [-0.2, -0.15) is 0 Å². The van der Waals surface area contributed by atoms with Crippen LogP contribution in [0.1, 0.15) is 23.0 Å². The van der Waals surface area contributed by atoms with Crippen LogP contribution in [-0.2, 0) is 9.47 Å². The summed E-state index contributed by atoms with van der Waals surface area (Å²) in [6.07, 6.45) is -0.443. The molecule has 0 aliphatic carbocycles. The van der Waals surface area contributed by atoms with Gasteiger partial charge in [0.2, 0.25) is 0 Å². The van der Waals surface area contributed by atoms with E-state index in [1.54, 1.807) is 0 Å². The van der Waals surface area contributed by atoms with Gasteiger partial charge in [-0.3, -0.25) is 0 Å². The average Bonchev–Trinajstić information content (AvgIpc) is 3.25. The molecule has 3 aromatic carbocycles. The average molecular weight is 376 g/mol. The predicted molar refractivity (Wildman–Crippen MR) is 109 cm³/mol. The van der Waals surface area contributed by atoms with Crippen LogP contribution in [-0.4, -0.2) is 19.1 Å². The van der Waals surface area contributed by atoms with Crippen LogP contribution < -0.4 is 0 Å². The Labute approximate surface area is 163 Å². The lowest BCUT2D eigenvalue weighted by Gasteiger charge is -2.12. The lowest BCUT2D eigenvalue weighted by Crippen LogP contribution is -1.98. The number of hydrogen-bond donors (Lipinski definition) is 0. The highest BCUT2D eigenvalue weighted by Gasteiger charge is 2.21. The molecule has 1 aliphatic heterocycles. The molecule has 4 heteroatoms. The molecule has 1 fully saturated rings. The summed E-state index contributed by atoms with van der Waals surface area (Å²) in [5.74, 6) is 3.24. The zero-order chi connectivity index (χ0) is 18.5. The second-order valence-corrected chi connectivity index (χ2v) is 6.54. The Kier molecular flexibility index (Phi) is 5.47. The van der Waals surface area contributed by atoms with Crippen LogP contribution in [0.25, 0.3) is 5.57 Å². The van der Waals surface area contributed by atoms with E-state index in [1.165, 1.54) is 0 Å². The van der Waals surface area contributed by atoms with Gasteiger partial charge in [-0.25, -0.2) is 4.99 Å². The van der Waals surface area contributed by atoms with Crippen LogP contribution >= 0.6 is 11.6 Å². The van der Waals surface area contributed by atoms with Crippen molar-refractivity contribution in [2.24, 2.45) is 4.99 Å². The molecule has 0 saturated carbocycles. The first-order chi connectivity index (χ1) is 13.3. The van der Waals surface area contributed by atoms with Crippen molar-refractivity contribution in [3.63, 3.8) is 0 Å². The normalized spacial score (nSPS) is 14.0. The van der Waals surface area contributed by atoms with E-state index in [9.17, 15) is 0 Å².